The molecule has 5 rings (SSSR count). The number of hydrogen-bond acceptors (Lipinski definition) is 6. The smallest absolute Gasteiger partial charge is 0.198 e. The van der Waals surface area contributed by atoms with Gasteiger partial charge in [0.25, 0.3) is 0 Å². The van der Waals surface area contributed by atoms with Crippen LogP contribution in [0.4, 0.5) is 4.39 Å². The van der Waals surface area contributed by atoms with Crippen molar-refractivity contribution in [3.63, 3.8) is 0 Å². The molecule has 3 heterocycles. The average molecular weight is 446 g/mol. The Labute approximate surface area is 187 Å². The summed E-state index contributed by atoms with van der Waals surface area (Å²) in [6.07, 6.45) is 3.03. The Morgan fingerprint density at radius 2 is 1.91 bits per heavy atom. The van der Waals surface area contributed by atoms with Crippen LogP contribution in [0.15, 0.2) is 54.9 Å². The van der Waals surface area contributed by atoms with Crippen molar-refractivity contribution in [2.75, 3.05) is 14.2 Å². The van der Waals surface area contributed by atoms with Gasteiger partial charge in [0.15, 0.2) is 17.3 Å². The number of carbonyl (C=O) groups excluding carboxylic acids is 1. The highest BCUT2D eigenvalue weighted by atomic mass is 19.1. The minimum Gasteiger partial charge on any atom is -0.495 e. The molecule has 2 N–H and O–H groups in total. The third kappa shape index (κ3) is 3.73. The summed E-state index contributed by atoms with van der Waals surface area (Å²) in [6.45, 7) is 0.0751. The zero-order valence-electron chi connectivity index (χ0n) is 17.8. The van der Waals surface area contributed by atoms with Crippen LogP contribution in [0.25, 0.3) is 22.1 Å². The van der Waals surface area contributed by atoms with E-state index >= 15 is 4.39 Å². The number of aromatic amines is 2. The number of halogens is 1. The minimum atomic E-state index is -0.731. The molecule has 5 aromatic rings. The summed E-state index contributed by atoms with van der Waals surface area (Å²) in [4.78, 5) is 27.9. The standard InChI is InChI=1S/C24H19FN4O4/c1-31-13-7-14-16(11-27-24(14)26-10-13)23(30)15-8-20(32-2)21(9-17(15)25)33-12-22-28-18-5-3-4-6-19(18)29-22/h3-11H,12H2,1-2H3,(H,26,27)(H,28,29). The molecule has 166 valence electrons. The van der Waals surface area contributed by atoms with E-state index in [9.17, 15) is 4.79 Å². The quantitative estimate of drug-likeness (QED) is 0.359. The van der Waals surface area contributed by atoms with E-state index in [0.29, 0.717) is 22.6 Å². The normalized spacial score (nSPS) is 11.1. The van der Waals surface area contributed by atoms with Gasteiger partial charge in [-0.3, -0.25) is 4.79 Å². The van der Waals surface area contributed by atoms with Crippen LogP contribution in [-0.4, -0.2) is 39.9 Å². The highest BCUT2D eigenvalue weighted by Crippen LogP contribution is 2.33. The van der Waals surface area contributed by atoms with Crippen molar-refractivity contribution in [1.29, 1.82) is 0 Å². The second kappa shape index (κ2) is 8.27. The molecule has 9 heteroatoms. The van der Waals surface area contributed by atoms with Crippen molar-refractivity contribution >= 4 is 27.9 Å². The zero-order chi connectivity index (χ0) is 22.9. The number of nitrogens with zero attached hydrogens (tertiary/aromatic N) is 2. The molecule has 0 radical (unpaired) electrons. The molecule has 0 fully saturated rings. The number of pyridine rings is 1. The number of imidazole rings is 1. The maximum Gasteiger partial charge on any atom is 0.198 e. The SMILES string of the molecule is COc1cnc2[nH]cc(C(=O)c3cc(OC)c(OCc4nc5ccccc5[nH]4)cc3F)c2c1. The largest absolute Gasteiger partial charge is 0.495 e. The highest BCUT2D eigenvalue weighted by Gasteiger charge is 2.22. The summed E-state index contributed by atoms with van der Waals surface area (Å²) in [5.41, 5.74) is 2.30. The number of nitrogens with one attached hydrogen (secondary N) is 2. The van der Waals surface area contributed by atoms with Gasteiger partial charge >= 0.3 is 0 Å². The number of ether oxygens (including phenoxy) is 3. The second-order valence-electron chi connectivity index (χ2n) is 7.28. The van der Waals surface area contributed by atoms with Crippen molar-refractivity contribution in [1.82, 2.24) is 19.9 Å². The van der Waals surface area contributed by atoms with Gasteiger partial charge in [-0.25, -0.2) is 14.4 Å². The number of fused-ring (bicyclic) bond motifs is 2. The van der Waals surface area contributed by atoms with E-state index in [2.05, 4.69) is 19.9 Å². The molecule has 0 saturated heterocycles. The Morgan fingerprint density at radius 1 is 1.06 bits per heavy atom. The summed E-state index contributed by atoms with van der Waals surface area (Å²) in [5.74, 6) is 0.213. The van der Waals surface area contributed by atoms with Crippen molar-refractivity contribution in [3.05, 3.63) is 77.6 Å². The molecule has 0 unspecified atom stereocenters. The van der Waals surface area contributed by atoms with Crippen molar-refractivity contribution in [2.45, 2.75) is 6.61 Å². The Morgan fingerprint density at radius 3 is 2.70 bits per heavy atom. The molecule has 0 spiro atoms. The fourth-order valence-electron chi connectivity index (χ4n) is 3.63. The van der Waals surface area contributed by atoms with E-state index in [0.717, 1.165) is 17.1 Å². The molecule has 8 nitrogen and oxygen atoms in total. The van der Waals surface area contributed by atoms with Gasteiger partial charge < -0.3 is 24.2 Å². The maximum atomic E-state index is 15.0. The number of ketones is 1. The fourth-order valence-corrected chi connectivity index (χ4v) is 3.63. The first-order valence-corrected chi connectivity index (χ1v) is 10.1. The molecule has 0 aliphatic carbocycles. The van der Waals surface area contributed by atoms with Crippen LogP contribution in [0.3, 0.4) is 0 Å². The second-order valence-corrected chi connectivity index (χ2v) is 7.28. The lowest BCUT2D eigenvalue weighted by atomic mass is 10.0. The Hall–Kier alpha value is -4.40. The van der Waals surface area contributed by atoms with Crippen LogP contribution in [-0.2, 0) is 6.61 Å². The third-order valence-corrected chi connectivity index (χ3v) is 5.29. The van der Waals surface area contributed by atoms with Gasteiger partial charge in [-0.2, -0.15) is 0 Å². The monoisotopic (exact) mass is 446 g/mol. The van der Waals surface area contributed by atoms with Crippen LogP contribution >= 0.6 is 0 Å². The lowest BCUT2D eigenvalue weighted by Crippen LogP contribution is -2.06. The van der Waals surface area contributed by atoms with Crippen molar-refractivity contribution < 1.29 is 23.4 Å². The van der Waals surface area contributed by atoms with Gasteiger partial charge in [-0.15, -0.1) is 0 Å². The predicted molar refractivity (Wildman–Crippen MR) is 119 cm³/mol. The Bertz CT molecular complexity index is 1460. The number of rotatable bonds is 7. The van der Waals surface area contributed by atoms with Gasteiger partial charge in [0.2, 0.25) is 0 Å². The topological polar surface area (TPSA) is 102 Å². The fraction of sp³-hybridized carbons (Fsp3) is 0.125. The first kappa shape index (κ1) is 20.5. The first-order valence-electron chi connectivity index (χ1n) is 10.1. The Kier molecular flexibility index (Phi) is 5.14. The van der Waals surface area contributed by atoms with Gasteiger partial charge in [-0.1, -0.05) is 12.1 Å². The van der Waals surface area contributed by atoms with Crippen molar-refractivity contribution in [3.8, 4) is 17.2 Å². The van der Waals surface area contributed by atoms with E-state index in [1.165, 1.54) is 32.7 Å². The molecular formula is C24H19FN4O4. The summed E-state index contributed by atoms with van der Waals surface area (Å²) in [6, 6.07) is 11.7. The van der Waals surface area contributed by atoms with Crippen LogP contribution in [0.1, 0.15) is 21.7 Å². The van der Waals surface area contributed by atoms with Crippen LogP contribution in [0, 0.1) is 5.82 Å². The molecule has 0 aliphatic heterocycles. The van der Waals surface area contributed by atoms with Gasteiger partial charge in [0.05, 0.1) is 37.0 Å². The van der Waals surface area contributed by atoms with E-state index < -0.39 is 11.6 Å². The molecule has 0 bridgehead atoms. The molecule has 0 atom stereocenters. The number of aromatic nitrogens is 4. The number of carbonyl (C=O) groups is 1. The van der Waals surface area contributed by atoms with Gasteiger partial charge in [0, 0.05) is 23.2 Å². The summed E-state index contributed by atoms with van der Waals surface area (Å²) in [7, 11) is 2.93. The number of methoxy groups -OCH3 is 2. The highest BCUT2D eigenvalue weighted by molar-refractivity contribution is 6.16. The maximum absolute atomic E-state index is 15.0. The average Bonchev–Trinajstić information content (AvgIpc) is 3.45. The molecule has 33 heavy (non-hydrogen) atoms. The van der Waals surface area contributed by atoms with E-state index in [1.54, 1.807) is 6.07 Å². The van der Waals surface area contributed by atoms with Gasteiger partial charge in [-0.05, 0) is 24.3 Å². The number of hydrogen-bond donors (Lipinski definition) is 2. The molecular weight excluding hydrogens is 427 g/mol. The molecule has 0 saturated carbocycles. The molecule has 2 aromatic carbocycles. The van der Waals surface area contributed by atoms with E-state index in [1.807, 2.05) is 24.3 Å². The van der Waals surface area contributed by atoms with E-state index in [4.69, 9.17) is 14.2 Å². The summed E-state index contributed by atoms with van der Waals surface area (Å²) < 4.78 is 31.3. The zero-order valence-corrected chi connectivity index (χ0v) is 17.8. The van der Waals surface area contributed by atoms with Crippen LogP contribution in [0.2, 0.25) is 0 Å². The lowest BCUT2D eigenvalue weighted by molar-refractivity contribution is 0.103. The Balaban J connectivity index is 1.44. The van der Waals surface area contributed by atoms with Crippen molar-refractivity contribution in [2.24, 2.45) is 0 Å². The van der Waals surface area contributed by atoms with Crippen LogP contribution < -0.4 is 14.2 Å². The molecule has 3 aromatic heterocycles. The molecule has 0 amide bonds. The van der Waals surface area contributed by atoms with E-state index in [-0.39, 0.29) is 29.2 Å². The third-order valence-electron chi connectivity index (χ3n) is 5.29. The van der Waals surface area contributed by atoms with Gasteiger partial charge in [0.1, 0.15) is 29.6 Å². The summed E-state index contributed by atoms with van der Waals surface area (Å²) in [5, 5.41) is 0.530. The van der Waals surface area contributed by atoms with Crippen LogP contribution in [0.5, 0.6) is 17.2 Å². The number of para-hydroxylation sites is 2. The summed E-state index contributed by atoms with van der Waals surface area (Å²) >= 11 is 0. The lowest BCUT2D eigenvalue weighted by Gasteiger charge is -2.12. The minimum absolute atomic E-state index is 0.0751. The first-order chi connectivity index (χ1) is 16.1. The predicted octanol–water partition coefficient (Wildman–Crippen LogP) is 4.41. The molecule has 0 aliphatic rings. The number of H-pyrrole nitrogens is 2. The number of benzene rings is 2.